The first-order chi connectivity index (χ1) is 8.88. The third-order valence-electron chi connectivity index (χ3n) is 1.85. The van der Waals surface area contributed by atoms with Crippen molar-refractivity contribution in [3.8, 4) is 5.75 Å². The number of hydrogen-bond acceptors (Lipinski definition) is 2. The Hall–Kier alpha value is -1.31. The molecule has 0 heterocycles. The molecule has 112 valence electrons. The smallest absolute Gasteiger partial charge is 0.129 e. The molecule has 2 nitrogen and oxygen atoms in total. The molecule has 1 aromatic rings. The summed E-state index contributed by atoms with van der Waals surface area (Å²) in [4.78, 5) is 9.81. The summed E-state index contributed by atoms with van der Waals surface area (Å²) in [7, 11) is 0. The molecule has 0 aromatic heterocycles. The maximum absolute atomic E-state index is 9.81. The van der Waals surface area contributed by atoms with Crippen molar-refractivity contribution in [3.63, 3.8) is 0 Å². The van der Waals surface area contributed by atoms with Crippen LogP contribution in [0.25, 0.3) is 0 Å². The predicted octanol–water partition coefficient (Wildman–Crippen LogP) is 5.44. The van der Waals surface area contributed by atoms with Crippen molar-refractivity contribution in [1.29, 1.82) is 0 Å². The van der Waals surface area contributed by atoms with Crippen molar-refractivity contribution in [2.45, 2.75) is 68.2 Å². The van der Waals surface area contributed by atoms with Crippen molar-refractivity contribution in [2.75, 3.05) is 0 Å². The van der Waals surface area contributed by atoms with Crippen LogP contribution in [0.15, 0.2) is 18.2 Å². The Bertz CT molecular complexity index is 317. The molecule has 0 amide bonds. The molecule has 0 aliphatic rings. The lowest BCUT2D eigenvalue weighted by Crippen LogP contribution is -1.80. The van der Waals surface area contributed by atoms with E-state index in [1.165, 1.54) is 12.0 Å². The number of ketones is 1. The topological polar surface area (TPSA) is 37.3 Å². The van der Waals surface area contributed by atoms with Gasteiger partial charge in [0.15, 0.2) is 0 Å². The summed E-state index contributed by atoms with van der Waals surface area (Å²) in [6.07, 6.45) is 1.92. The van der Waals surface area contributed by atoms with Gasteiger partial charge < -0.3 is 9.90 Å². The normalized spacial score (nSPS) is 7.79. The second-order valence-corrected chi connectivity index (χ2v) is 4.05. The zero-order valence-electron chi connectivity index (χ0n) is 14.0. The number of phenolic OH excluding ortho intramolecular Hbond substituents is 1. The molecule has 2 heteroatoms. The van der Waals surface area contributed by atoms with Crippen molar-refractivity contribution in [3.05, 3.63) is 29.3 Å². The molecular formula is C17H32O2. The van der Waals surface area contributed by atoms with E-state index < -0.39 is 0 Å². The fourth-order valence-corrected chi connectivity index (χ4v) is 0.805. The number of benzene rings is 1. The molecule has 0 radical (unpaired) electrons. The maximum atomic E-state index is 9.81. The Balaban J connectivity index is -0.000000219. The van der Waals surface area contributed by atoms with Crippen LogP contribution in [0, 0.1) is 13.8 Å². The minimum Gasteiger partial charge on any atom is -0.508 e. The zero-order chi connectivity index (χ0) is 15.8. The fourth-order valence-electron chi connectivity index (χ4n) is 0.805. The summed E-state index contributed by atoms with van der Waals surface area (Å²) >= 11 is 0. The van der Waals surface area contributed by atoms with Crippen LogP contribution in [0.3, 0.4) is 0 Å². The van der Waals surface area contributed by atoms with Crippen molar-refractivity contribution in [1.82, 2.24) is 0 Å². The van der Waals surface area contributed by atoms with E-state index in [-0.39, 0.29) is 5.78 Å². The predicted molar refractivity (Wildman–Crippen MR) is 85.9 cm³/mol. The van der Waals surface area contributed by atoms with Crippen LogP contribution in [0.1, 0.15) is 65.5 Å². The molecule has 1 rings (SSSR count). The third kappa shape index (κ3) is 19.2. The lowest BCUT2D eigenvalue weighted by atomic mass is 10.1. The Morgan fingerprint density at radius 1 is 1.11 bits per heavy atom. The lowest BCUT2D eigenvalue weighted by molar-refractivity contribution is -0.116. The van der Waals surface area contributed by atoms with Gasteiger partial charge in [-0.15, -0.1) is 0 Å². The molecule has 0 saturated heterocycles. The van der Waals surface area contributed by atoms with Crippen molar-refractivity contribution in [2.24, 2.45) is 0 Å². The van der Waals surface area contributed by atoms with E-state index in [9.17, 15) is 4.79 Å². The molecule has 0 unspecified atom stereocenters. The van der Waals surface area contributed by atoms with E-state index in [2.05, 4.69) is 13.8 Å². The number of hydrogen-bond donors (Lipinski definition) is 1. The fraction of sp³-hybridized carbons (Fsp3) is 0.588. The van der Waals surface area contributed by atoms with Gasteiger partial charge in [-0.2, -0.15) is 0 Å². The minimum absolute atomic E-state index is 0.255. The number of carbonyl (C=O) groups is 1. The number of Topliss-reactive ketones (excluding diaryl/α,β-unsaturated/α-hetero) is 1. The second kappa shape index (κ2) is 16.7. The highest BCUT2D eigenvalue weighted by atomic mass is 16.3. The number of aromatic hydroxyl groups is 1. The maximum Gasteiger partial charge on any atom is 0.129 e. The van der Waals surface area contributed by atoms with Gasteiger partial charge >= 0.3 is 0 Å². The van der Waals surface area contributed by atoms with Crippen LogP contribution in [-0.4, -0.2) is 10.9 Å². The van der Waals surface area contributed by atoms with Gasteiger partial charge in [-0.05, 0) is 32.4 Å². The molecule has 0 fully saturated rings. The molecule has 1 N–H and O–H groups in total. The highest BCUT2D eigenvalue weighted by Gasteiger charge is 1.91. The van der Waals surface area contributed by atoms with Crippen LogP contribution in [0.4, 0.5) is 0 Å². The van der Waals surface area contributed by atoms with E-state index in [4.69, 9.17) is 5.11 Å². The number of aryl methyl sites for hydroxylation is 2. The third-order valence-corrected chi connectivity index (χ3v) is 1.85. The molecule has 19 heavy (non-hydrogen) atoms. The van der Waals surface area contributed by atoms with Gasteiger partial charge in [0.25, 0.3) is 0 Å². The Morgan fingerprint density at radius 2 is 1.47 bits per heavy atom. The SMILES string of the molecule is CC.CCC.CCC(C)=O.Cc1ccc(O)c(C)c1. The van der Waals surface area contributed by atoms with E-state index in [0.29, 0.717) is 12.2 Å². The number of carbonyl (C=O) groups excluding carboxylic acids is 1. The molecule has 0 spiro atoms. The van der Waals surface area contributed by atoms with Gasteiger partial charge in [0.2, 0.25) is 0 Å². The second-order valence-electron chi connectivity index (χ2n) is 4.05. The summed E-state index contributed by atoms with van der Waals surface area (Å²) in [5.41, 5.74) is 2.13. The molecule has 0 atom stereocenters. The average Bonchev–Trinajstić information content (AvgIpc) is 2.38. The highest BCUT2D eigenvalue weighted by Crippen LogP contribution is 2.15. The van der Waals surface area contributed by atoms with Gasteiger partial charge in [-0.25, -0.2) is 0 Å². The van der Waals surface area contributed by atoms with Gasteiger partial charge in [0.05, 0.1) is 0 Å². The number of phenols is 1. The molecule has 1 aromatic carbocycles. The Labute approximate surface area is 119 Å². The lowest BCUT2D eigenvalue weighted by Gasteiger charge is -1.97. The van der Waals surface area contributed by atoms with E-state index >= 15 is 0 Å². The zero-order valence-corrected chi connectivity index (χ0v) is 14.0. The molecular weight excluding hydrogens is 236 g/mol. The number of rotatable bonds is 1. The molecule has 0 bridgehead atoms. The van der Waals surface area contributed by atoms with Gasteiger partial charge in [0.1, 0.15) is 11.5 Å². The van der Waals surface area contributed by atoms with Crippen LogP contribution in [0.5, 0.6) is 5.75 Å². The molecule has 0 aliphatic carbocycles. The van der Waals surface area contributed by atoms with Crippen LogP contribution >= 0.6 is 0 Å². The summed E-state index contributed by atoms with van der Waals surface area (Å²) < 4.78 is 0. The Kier molecular flexibility index (Phi) is 20.1. The summed E-state index contributed by atoms with van der Waals surface area (Å²) in [5.74, 6) is 0.630. The van der Waals surface area contributed by atoms with Gasteiger partial charge in [-0.3, -0.25) is 0 Å². The quantitative estimate of drug-likeness (QED) is 0.736. The van der Waals surface area contributed by atoms with Gasteiger partial charge in [-0.1, -0.05) is 58.7 Å². The largest absolute Gasteiger partial charge is 0.508 e. The summed E-state index contributed by atoms with van der Waals surface area (Å²) in [6.45, 7) is 15.6. The van der Waals surface area contributed by atoms with E-state index in [0.717, 1.165) is 5.56 Å². The highest BCUT2D eigenvalue weighted by molar-refractivity contribution is 5.74. The first kappa shape index (κ1) is 22.8. The first-order valence-electron chi connectivity index (χ1n) is 7.14. The summed E-state index contributed by atoms with van der Waals surface area (Å²) in [5, 5.41) is 9.04. The van der Waals surface area contributed by atoms with Crippen LogP contribution in [0.2, 0.25) is 0 Å². The van der Waals surface area contributed by atoms with Crippen molar-refractivity contribution < 1.29 is 9.90 Å². The van der Waals surface area contributed by atoms with E-state index in [1.54, 1.807) is 13.0 Å². The Morgan fingerprint density at radius 3 is 1.68 bits per heavy atom. The van der Waals surface area contributed by atoms with Gasteiger partial charge in [0, 0.05) is 6.42 Å². The standard InChI is InChI=1S/C8H10O.C4H8O.C3H8.C2H6/c1-6-3-4-8(9)7(2)5-6;1-3-4(2)5;1-3-2;1-2/h3-5,9H,1-2H3;3H2,1-2H3;3H2,1-2H3;1-2H3. The monoisotopic (exact) mass is 268 g/mol. The van der Waals surface area contributed by atoms with Crippen LogP contribution in [-0.2, 0) is 4.79 Å². The van der Waals surface area contributed by atoms with Crippen molar-refractivity contribution >= 4 is 5.78 Å². The molecule has 0 saturated carbocycles. The minimum atomic E-state index is 0.255. The first-order valence-corrected chi connectivity index (χ1v) is 7.14. The van der Waals surface area contributed by atoms with E-state index in [1.807, 2.05) is 46.8 Å². The van der Waals surface area contributed by atoms with Crippen LogP contribution < -0.4 is 0 Å². The molecule has 0 aliphatic heterocycles. The average molecular weight is 268 g/mol. The summed E-state index contributed by atoms with van der Waals surface area (Å²) in [6, 6.07) is 5.56.